The number of hydrogen-bond acceptors (Lipinski definition) is 18. The standard InChI is InChI=1S/3C16H17FN2O4S/c3*1-9(2)13-12(15(20)23-3)14(10-5-7-11(17)8-6-10)19-16(18-13)24(4,21)22/h3*5-9H,1-4H3. The predicted molar refractivity (Wildman–Crippen MR) is 258 cm³/mol. The first kappa shape index (κ1) is 57.5. The lowest BCUT2D eigenvalue weighted by Crippen LogP contribution is -2.16. The van der Waals surface area contributed by atoms with Crippen molar-refractivity contribution < 1.29 is 67.0 Å². The molecule has 0 fully saturated rings. The first-order valence-electron chi connectivity index (χ1n) is 21.3. The Kier molecular flexibility index (Phi) is 18.7. The molecule has 72 heavy (non-hydrogen) atoms. The summed E-state index contributed by atoms with van der Waals surface area (Å²) < 4.78 is 125. The van der Waals surface area contributed by atoms with Gasteiger partial charge in [-0.2, -0.15) is 0 Å². The van der Waals surface area contributed by atoms with Gasteiger partial charge >= 0.3 is 17.9 Å². The lowest BCUT2D eigenvalue weighted by Gasteiger charge is -2.15. The highest BCUT2D eigenvalue weighted by atomic mass is 32.2. The van der Waals surface area contributed by atoms with Crippen LogP contribution in [0.25, 0.3) is 33.8 Å². The summed E-state index contributed by atoms with van der Waals surface area (Å²) in [7, 11) is -7.44. The molecule has 0 unspecified atom stereocenters. The van der Waals surface area contributed by atoms with Gasteiger partial charge in [0.2, 0.25) is 45.0 Å². The van der Waals surface area contributed by atoms with E-state index in [1.165, 1.54) is 94.1 Å². The number of ether oxygens (including phenoxy) is 3. The number of methoxy groups -OCH3 is 3. The van der Waals surface area contributed by atoms with E-state index in [2.05, 4.69) is 29.9 Å². The molecular formula is C48H51F3N6O12S3. The van der Waals surface area contributed by atoms with Gasteiger partial charge in [0.25, 0.3) is 0 Å². The Labute approximate surface area is 415 Å². The van der Waals surface area contributed by atoms with Crippen LogP contribution in [0.1, 0.15) is 107 Å². The number of benzene rings is 3. The van der Waals surface area contributed by atoms with Crippen LogP contribution in [0.2, 0.25) is 0 Å². The number of hydrogen-bond donors (Lipinski definition) is 0. The van der Waals surface area contributed by atoms with Gasteiger partial charge in [0.15, 0.2) is 0 Å². The topological polar surface area (TPSA) is 259 Å². The van der Waals surface area contributed by atoms with E-state index in [0.717, 1.165) is 18.8 Å². The zero-order valence-electron chi connectivity index (χ0n) is 41.1. The van der Waals surface area contributed by atoms with Crippen LogP contribution in [-0.2, 0) is 43.7 Å². The molecule has 0 bridgehead atoms. The third-order valence-corrected chi connectivity index (χ3v) is 12.4. The molecule has 0 amide bonds. The molecule has 24 heteroatoms. The summed E-state index contributed by atoms with van der Waals surface area (Å²) in [5.74, 6) is -4.17. The molecular weight excluding hydrogens is 1010 g/mol. The SMILES string of the molecule is COC(=O)c1c(-c2ccc(F)cc2)nc(S(C)(=O)=O)nc1C(C)C.COC(=O)c1c(-c2ccc(F)cc2)nc(S(C)(=O)=O)nc1C(C)C.COC(=O)c1c(-c2ccc(F)cc2)nc(S(C)(=O)=O)nc1C(C)C. The van der Waals surface area contributed by atoms with Crippen LogP contribution in [0.3, 0.4) is 0 Å². The summed E-state index contributed by atoms with van der Waals surface area (Å²) in [6, 6.07) is 15.7. The average Bonchev–Trinajstić information content (AvgIpc) is 3.32. The molecule has 0 aliphatic rings. The van der Waals surface area contributed by atoms with E-state index in [-0.39, 0.29) is 68.6 Å². The van der Waals surface area contributed by atoms with E-state index in [9.17, 15) is 52.8 Å². The van der Waals surface area contributed by atoms with Crippen LogP contribution >= 0.6 is 0 Å². The molecule has 384 valence electrons. The monoisotopic (exact) mass is 1060 g/mol. The Morgan fingerprint density at radius 2 is 0.583 bits per heavy atom. The number of aromatic nitrogens is 6. The largest absolute Gasteiger partial charge is 0.465 e. The zero-order chi connectivity index (χ0) is 54.2. The second kappa shape index (κ2) is 23.5. The molecule has 0 saturated carbocycles. The number of carbonyl (C=O) groups is 3. The minimum Gasteiger partial charge on any atom is -0.465 e. The van der Waals surface area contributed by atoms with Crippen molar-refractivity contribution >= 4 is 47.4 Å². The van der Waals surface area contributed by atoms with Crippen molar-refractivity contribution in [1.82, 2.24) is 29.9 Å². The molecule has 0 spiro atoms. The van der Waals surface area contributed by atoms with Crippen LogP contribution in [0.15, 0.2) is 88.3 Å². The van der Waals surface area contributed by atoms with Gasteiger partial charge in [-0.1, -0.05) is 41.5 Å². The third-order valence-electron chi connectivity index (χ3n) is 9.91. The Hall–Kier alpha value is -7.05. The number of sulfone groups is 3. The van der Waals surface area contributed by atoms with Crippen molar-refractivity contribution in [2.75, 3.05) is 40.1 Å². The highest BCUT2D eigenvalue weighted by Crippen LogP contribution is 2.33. The summed E-state index contributed by atoms with van der Waals surface area (Å²) in [5, 5.41) is -1.17. The minimum absolute atomic E-state index is 0.0755. The summed E-state index contributed by atoms with van der Waals surface area (Å²) in [4.78, 5) is 60.9. The fourth-order valence-electron chi connectivity index (χ4n) is 6.48. The number of halogens is 3. The zero-order valence-corrected chi connectivity index (χ0v) is 43.6. The molecule has 0 aliphatic carbocycles. The maximum absolute atomic E-state index is 13.2. The molecule has 0 saturated heterocycles. The summed E-state index contributed by atoms with van der Waals surface area (Å²) in [6.07, 6.45) is 2.95. The molecule has 18 nitrogen and oxygen atoms in total. The normalized spacial score (nSPS) is 11.6. The maximum Gasteiger partial charge on any atom is 0.341 e. The molecule has 0 atom stereocenters. The molecule has 6 aromatic rings. The highest BCUT2D eigenvalue weighted by Gasteiger charge is 2.30. The summed E-state index contributed by atoms with van der Waals surface area (Å²) in [6.45, 7) is 10.6. The Bertz CT molecular complexity index is 2990. The van der Waals surface area contributed by atoms with Crippen LogP contribution in [0.5, 0.6) is 0 Å². The van der Waals surface area contributed by atoms with Gasteiger partial charge < -0.3 is 14.2 Å². The van der Waals surface area contributed by atoms with Gasteiger partial charge in [0.1, 0.15) is 34.1 Å². The second-order valence-corrected chi connectivity index (χ2v) is 22.3. The fraction of sp³-hybridized carbons (Fsp3) is 0.312. The van der Waals surface area contributed by atoms with Crippen LogP contribution in [-0.4, -0.2) is 113 Å². The summed E-state index contributed by atoms with van der Waals surface area (Å²) in [5.41, 5.74) is 2.49. The van der Waals surface area contributed by atoms with Crippen molar-refractivity contribution in [3.8, 4) is 33.8 Å². The number of esters is 3. The molecule has 6 rings (SSSR count). The number of rotatable bonds is 12. The van der Waals surface area contributed by atoms with Crippen LogP contribution in [0.4, 0.5) is 13.2 Å². The van der Waals surface area contributed by atoms with E-state index in [1.54, 1.807) is 41.5 Å². The van der Waals surface area contributed by atoms with E-state index >= 15 is 0 Å². The third kappa shape index (κ3) is 14.1. The van der Waals surface area contributed by atoms with Gasteiger partial charge in [-0.25, -0.2) is 82.7 Å². The first-order chi connectivity index (χ1) is 33.4. The highest BCUT2D eigenvalue weighted by molar-refractivity contribution is 7.91. The Balaban J connectivity index is 0.000000234. The predicted octanol–water partition coefficient (Wildman–Crippen LogP) is 7.79. The lowest BCUT2D eigenvalue weighted by molar-refractivity contribution is 0.0589. The first-order valence-corrected chi connectivity index (χ1v) is 27.0. The molecule has 3 aromatic heterocycles. The molecule has 3 aromatic carbocycles. The lowest BCUT2D eigenvalue weighted by atomic mass is 9.98. The smallest absolute Gasteiger partial charge is 0.341 e. The summed E-state index contributed by atoms with van der Waals surface area (Å²) >= 11 is 0. The quantitative estimate of drug-likeness (QED) is 0.0643. The van der Waals surface area contributed by atoms with Crippen molar-refractivity contribution in [2.45, 2.75) is 74.8 Å². The fourth-order valence-corrected chi connectivity index (χ4v) is 8.04. The molecule has 0 N–H and O–H groups in total. The second-order valence-electron chi connectivity index (χ2n) is 16.6. The molecule has 0 radical (unpaired) electrons. The van der Waals surface area contributed by atoms with Crippen LogP contribution in [0, 0.1) is 17.5 Å². The average molecular weight is 1060 g/mol. The van der Waals surface area contributed by atoms with E-state index in [4.69, 9.17) is 14.2 Å². The van der Waals surface area contributed by atoms with Crippen molar-refractivity contribution in [3.63, 3.8) is 0 Å². The van der Waals surface area contributed by atoms with Gasteiger partial charge in [-0.15, -0.1) is 0 Å². The molecule has 3 heterocycles. The van der Waals surface area contributed by atoms with E-state index in [1.807, 2.05) is 0 Å². The number of nitrogens with zero attached hydrogens (tertiary/aromatic N) is 6. The minimum atomic E-state index is -3.70. The Morgan fingerprint density at radius 3 is 0.736 bits per heavy atom. The van der Waals surface area contributed by atoms with Gasteiger partial charge in [0, 0.05) is 35.5 Å². The van der Waals surface area contributed by atoms with E-state index in [0.29, 0.717) is 16.7 Å². The molecule has 0 aliphatic heterocycles. The van der Waals surface area contributed by atoms with Crippen molar-refractivity contribution in [3.05, 3.63) is 124 Å². The van der Waals surface area contributed by atoms with Crippen molar-refractivity contribution in [2.24, 2.45) is 0 Å². The van der Waals surface area contributed by atoms with Crippen LogP contribution < -0.4 is 0 Å². The van der Waals surface area contributed by atoms with Gasteiger partial charge in [-0.3, -0.25) is 0 Å². The Morgan fingerprint density at radius 1 is 0.389 bits per heavy atom. The van der Waals surface area contributed by atoms with E-state index < -0.39 is 80.3 Å². The van der Waals surface area contributed by atoms with Crippen molar-refractivity contribution in [1.29, 1.82) is 0 Å². The van der Waals surface area contributed by atoms with Gasteiger partial charge in [-0.05, 0) is 90.6 Å². The maximum atomic E-state index is 13.2. The number of carbonyl (C=O) groups excluding carboxylic acids is 3. The van der Waals surface area contributed by atoms with Gasteiger partial charge in [0.05, 0.1) is 55.5 Å².